The summed E-state index contributed by atoms with van der Waals surface area (Å²) in [4.78, 5) is 25.4. The van der Waals surface area contributed by atoms with Crippen LogP contribution >= 0.6 is 0 Å². The van der Waals surface area contributed by atoms with E-state index in [-0.39, 0.29) is 12.5 Å². The van der Waals surface area contributed by atoms with Gasteiger partial charge in [0, 0.05) is 11.8 Å². The molecule has 1 aliphatic rings. The van der Waals surface area contributed by atoms with Crippen molar-refractivity contribution in [2.24, 2.45) is 5.10 Å². The van der Waals surface area contributed by atoms with E-state index >= 15 is 0 Å². The Morgan fingerprint density at radius 2 is 1.82 bits per heavy atom. The quantitative estimate of drug-likeness (QED) is 0.328. The van der Waals surface area contributed by atoms with Gasteiger partial charge in [0.05, 0.1) is 0 Å². The summed E-state index contributed by atoms with van der Waals surface area (Å²) in [5, 5.41) is 6.55. The van der Waals surface area contributed by atoms with E-state index in [2.05, 4.69) is 15.8 Å². The van der Waals surface area contributed by atoms with Gasteiger partial charge in [-0.1, -0.05) is 24.3 Å². The van der Waals surface area contributed by atoms with Crippen LogP contribution in [0.5, 0.6) is 11.5 Å². The minimum Gasteiger partial charge on any atom is -0.462 e. The summed E-state index contributed by atoms with van der Waals surface area (Å²) in [7, 11) is 0. The van der Waals surface area contributed by atoms with Gasteiger partial charge in [-0.05, 0) is 67.1 Å². The molecule has 0 radical (unpaired) electrons. The van der Waals surface area contributed by atoms with E-state index < -0.39 is 11.8 Å². The number of benzene rings is 2. The van der Waals surface area contributed by atoms with Crippen LogP contribution in [0.4, 0.5) is 0 Å². The van der Waals surface area contributed by atoms with Gasteiger partial charge in [-0.25, -0.2) is 5.43 Å². The number of carbonyl (C=O) groups excluding carboxylic acids is 2. The first-order chi connectivity index (χ1) is 16.1. The largest absolute Gasteiger partial charge is 0.462 e. The Kier molecular flexibility index (Phi) is 6.65. The van der Waals surface area contributed by atoms with Crippen LogP contribution in [-0.4, -0.2) is 24.8 Å². The van der Waals surface area contributed by atoms with E-state index in [1.54, 1.807) is 60.7 Å². The second-order valence-corrected chi connectivity index (χ2v) is 7.02. The lowest BCUT2D eigenvalue weighted by molar-refractivity contribution is -0.117. The molecule has 2 heterocycles. The zero-order chi connectivity index (χ0) is 23.0. The molecule has 33 heavy (non-hydrogen) atoms. The second kappa shape index (κ2) is 10.1. The van der Waals surface area contributed by atoms with Crippen LogP contribution in [-0.2, 0) is 4.79 Å². The molecule has 4 rings (SSSR count). The molecule has 2 N–H and O–H groups in total. The van der Waals surface area contributed by atoms with Gasteiger partial charge in [0.25, 0.3) is 11.8 Å². The fourth-order valence-electron chi connectivity index (χ4n) is 2.99. The molecule has 0 saturated heterocycles. The predicted octanol–water partition coefficient (Wildman–Crippen LogP) is 3.90. The van der Waals surface area contributed by atoms with Gasteiger partial charge < -0.3 is 19.2 Å². The lowest BCUT2D eigenvalue weighted by Gasteiger charge is -2.09. The molecule has 8 heteroatoms. The molecule has 0 fully saturated rings. The molecule has 0 atom stereocenters. The Labute approximate surface area is 190 Å². The van der Waals surface area contributed by atoms with E-state index in [0.29, 0.717) is 28.4 Å². The summed E-state index contributed by atoms with van der Waals surface area (Å²) >= 11 is 0. The van der Waals surface area contributed by atoms with Gasteiger partial charge >= 0.3 is 0 Å². The third kappa shape index (κ3) is 5.76. The van der Waals surface area contributed by atoms with Crippen molar-refractivity contribution in [3.05, 3.63) is 95.1 Å². The van der Waals surface area contributed by atoms with Crippen molar-refractivity contribution in [1.29, 1.82) is 0 Å². The maximum Gasteiger partial charge on any atom is 0.287 e. The molecule has 0 unspecified atom stereocenters. The average Bonchev–Trinajstić information content (AvgIpc) is 3.47. The Morgan fingerprint density at radius 1 is 1.00 bits per heavy atom. The maximum atomic E-state index is 12.8. The van der Waals surface area contributed by atoms with Crippen molar-refractivity contribution < 1.29 is 23.5 Å². The number of furan rings is 1. The normalized spacial score (nSPS) is 12.9. The second-order valence-electron chi connectivity index (χ2n) is 7.02. The van der Waals surface area contributed by atoms with Gasteiger partial charge in [0.15, 0.2) is 11.5 Å². The molecule has 2 aromatic carbocycles. The number of amides is 2. The van der Waals surface area contributed by atoms with Crippen LogP contribution in [0.2, 0.25) is 0 Å². The van der Waals surface area contributed by atoms with Crippen LogP contribution in [0.25, 0.3) is 12.2 Å². The number of carbonyl (C=O) groups is 2. The molecular formula is C25H21N3O5. The third-order valence-corrected chi connectivity index (χ3v) is 4.58. The molecule has 1 aliphatic heterocycles. The van der Waals surface area contributed by atoms with Crippen LogP contribution in [0.1, 0.15) is 27.4 Å². The Hall–Kier alpha value is -4.59. The summed E-state index contributed by atoms with van der Waals surface area (Å²) in [6.07, 6.45) is 6.29. The van der Waals surface area contributed by atoms with Crippen molar-refractivity contribution in [2.45, 2.75) is 6.92 Å². The summed E-state index contributed by atoms with van der Waals surface area (Å²) < 4.78 is 16.1. The highest BCUT2D eigenvalue weighted by atomic mass is 16.7. The van der Waals surface area contributed by atoms with Gasteiger partial charge in [-0.2, -0.15) is 5.10 Å². The zero-order valence-electron chi connectivity index (χ0n) is 17.8. The van der Waals surface area contributed by atoms with Crippen molar-refractivity contribution in [1.82, 2.24) is 10.7 Å². The van der Waals surface area contributed by atoms with E-state index in [1.165, 1.54) is 12.3 Å². The van der Waals surface area contributed by atoms with E-state index in [4.69, 9.17) is 13.9 Å². The molecule has 2 amide bonds. The fourth-order valence-corrected chi connectivity index (χ4v) is 2.99. The molecule has 3 aromatic rings. The first kappa shape index (κ1) is 21.6. The monoisotopic (exact) mass is 443 g/mol. The van der Waals surface area contributed by atoms with Gasteiger partial charge in [-0.15, -0.1) is 0 Å². The van der Waals surface area contributed by atoms with Crippen LogP contribution in [0.15, 0.2) is 82.0 Å². The third-order valence-electron chi connectivity index (χ3n) is 4.58. The van der Waals surface area contributed by atoms with Crippen molar-refractivity contribution >= 4 is 30.2 Å². The van der Waals surface area contributed by atoms with Crippen molar-refractivity contribution in [3.8, 4) is 11.5 Å². The number of fused-ring (bicyclic) bond motifs is 1. The molecule has 0 aliphatic carbocycles. The van der Waals surface area contributed by atoms with Gasteiger partial charge in [-0.3, -0.25) is 9.59 Å². The van der Waals surface area contributed by atoms with Crippen molar-refractivity contribution in [3.63, 3.8) is 0 Å². The lowest BCUT2D eigenvalue weighted by Crippen LogP contribution is -2.32. The van der Waals surface area contributed by atoms with Crippen LogP contribution < -0.4 is 20.2 Å². The maximum absolute atomic E-state index is 12.8. The lowest BCUT2D eigenvalue weighted by atomic mass is 10.1. The highest BCUT2D eigenvalue weighted by molar-refractivity contribution is 6.05. The number of hydrogen-bond donors (Lipinski definition) is 2. The first-order valence-corrected chi connectivity index (χ1v) is 10.1. The SMILES string of the molecule is Cc1ccc(/C=C/C=NNC(=O)/C(=C\c2ccc3c(c2)OCO3)NC(=O)c2ccccc2)o1. The number of hydrazone groups is 1. The number of hydrogen-bond acceptors (Lipinski definition) is 6. The molecule has 0 bridgehead atoms. The zero-order valence-corrected chi connectivity index (χ0v) is 17.8. The summed E-state index contributed by atoms with van der Waals surface area (Å²) in [5.41, 5.74) is 3.50. The highest BCUT2D eigenvalue weighted by Crippen LogP contribution is 2.33. The van der Waals surface area contributed by atoms with Gasteiger partial charge in [0.2, 0.25) is 6.79 Å². The Morgan fingerprint density at radius 3 is 2.61 bits per heavy atom. The highest BCUT2D eigenvalue weighted by Gasteiger charge is 2.16. The number of allylic oxidation sites excluding steroid dienone is 1. The van der Waals surface area contributed by atoms with Crippen LogP contribution in [0.3, 0.4) is 0 Å². The number of rotatable bonds is 7. The Balaban J connectivity index is 1.50. The number of nitrogens with zero attached hydrogens (tertiary/aromatic N) is 1. The average molecular weight is 443 g/mol. The van der Waals surface area contributed by atoms with E-state index in [1.807, 2.05) is 19.1 Å². The summed E-state index contributed by atoms with van der Waals surface area (Å²) in [6.45, 7) is 1.99. The molecule has 0 saturated carbocycles. The topological polar surface area (TPSA) is 102 Å². The smallest absolute Gasteiger partial charge is 0.287 e. The Bertz CT molecular complexity index is 1240. The standard InChI is InChI=1S/C25H21N3O5/c1-17-9-11-20(33-17)8-5-13-26-28-25(30)21(27-24(29)19-6-3-2-4-7-19)14-18-10-12-22-23(15-18)32-16-31-22/h2-15H,16H2,1H3,(H,27,29)(H,28,30)/b8-5+,21-14+,26-13?. The fraction of sp³-hybridized carbons (Fsp3) is 0.0800. The number of aryl methyl sites for hydroxylation is 1. The predicted molar refractivity (Wildman–Crippen MR) is 124 cm³/mol. The summed E-state index contributed by atoms with van der Waals surface area (Å²) in [5.74, 6) is 1.64. The minimum atomic E-state index is -0.588. The summed E-state index contributed by atoms with van der Waals surface area (Å²) in [6, 6.07) is 17.5. The molecule has 8 nitrogen and oxygen atoms in total. The number of nitrogens with one attached hydrogen (secondary N) is 2. The van der Waals surface area contributed by atoms with Crippen molar-refractivity contribution in [2.75, 3.05) is 6.79 Å². The molecule has 1 aromatic heterocycles. The molecule has 0 spiro atoms. The molecule has 166 valence electrons. The van der Waals surface area contributed by atoms with E-state index in [9.17, 15) is 9.59 Å². The van der Waals surface area contributed by atoms with Crippen LogP contribution in [0, 0.1) is 6.92 Å². The minimum absolute atomic E-state index is 0.0190. The first-order valence-electron chi connectivity index (χ1n) is 10.1. The number of ether oxygens (including phenoxy) is 2. The molecular weight excluding hydrogens is 422 g/mol. The van der Waals surface area contributed by atoms with Gasteiger partial charge in [0.1, 0.15) is 17.2 Å². The van der Waals surface area contributed by atoms with E-state index in [0.717, 1.165) is 5.76 Å².